The minimum Gasteiger partial charge on any atom is -0.508 e. The summed E-state index contributed by atoms with van der Waals surface area (Å²) >= 11 is 0. The van der Waals surface area contributed by atoms with E-state index in [1.807, 2.05) is 0 Å². The van der Waals surface area contributed by atoms with E-state index in [-0.39, 0.29) is 18.8 Å². The number of Topliss-reactive ketones (excluding diaryl/α,β-unsaturated/α-hetero) is 1. The average Bonchev–Trinajstić information content (AvgIpc) is 3.01. The number of ketones is 1. The Kier molecular flexibility index (Phi) is 15.6. The van der Waals surface area contributed by atoms with Gasteiger partial charge in [0.05, 0.1) is 37.3 Å². The Morgan fingerprint density at radius 1 is 0.796 bits per heavy atom. The number of ether oxygens (including phenoxy) is 1. The summed E-state index contributed by atoms with van der Waals surface area (Å²) in [5.41, 5.74) is 1.19. The van der Waals surface area contributed by atoms with Crippen LogP contribution in [0.1, 0.15) is 50.7 Å². The number of hydrogen-bond acceptors (Lipinski definition) is 10. The molecule has 0 aliphatic rings. The second kappa shape index (κ2) is 19.1. The van der Waals surface area contributed by atoms with Crippen molar-refractivity contribution in [3.8, 4) is 5.75 Å². The zero-order valence-corrected chi connectivity index (χ0v) is 28.2. The van der Waals surface area contributed by atoms with Crippen LogP contribution in [0.5, 0.6) is 5.75 Å². The number of phenols is 1. The minimum atomic E-state index is -3.64. The summed E-state index contributed by atoms with van der Waals surface area (Å²) in [5.74, 6) is -8.74. The van der Waals surface area contributed by atoms with Crippen molar-refractivity contribution in [1.29, 1.82) is 0 Å². The van der Waals surface area contributed by atoms with E-state index in [4.69, 9.17) is 4.74 Å². The van der Waals surface area contributed by atoms with Crippen molar-refractivity contribution in [1.82, 2.24) is 10.6 Å². The highest BCUT2D eigenvalue weighted by molar-refractivity contribution is 7.93. The molecule has 15 heteroatoms. The predicted octanol–water partition coefficient (Wildman–Crippen LogP) is 2.39. The maximum atomic E-state index is 13.8. The van der Waals surface area contributed by atoms with E-state index < -0.39 is 101 Å². The molecule has 0 saturated carbocycles. The first-order chi connectivity index (χ1) is 22.9. The van der Waals surface area contributed by atoms with Crippen LogP contribution >= 0.6 is 0 Å². The van der Waals surface area contributed by atoms with Gasteiger partial charge in [0.15, 0.2) is 15.6 Å². The second-order valence-corrected chi connectivity index (χ2v) is 13.9. The van der Waals surface area contributed by atoms with Crippen molar-refractivity contribution in [3.63, 3.8) is 0 Å². The number of hydrogen-bond donors (Lipinski definition) is 5. The summed E-state index contributed by atoms with van der Waals surface area (Å²) in [6.07, 6.45) is -0.588. The van der Waals surface area contributed by atoms with Crippen molar-refractivity contribution < 1.29 is 57.2 Å². The predicted molar refractivity (Wildman–Crippen MR) is 176 cm³/mol. The Balaban J connectivity index is 2.30. The molecule has 0 aliphatic heterocycles. The molecule has 0 aromatic heterocycles. The van der Waals surface area contributed by atoms with Crippen molar-refractivity contribution in [2.75, 3.05) is 6.26 Å². The smallest absolute Gasteiger partial charge is 0.306 e. The van der Waals surface area contributed by atoms with Gasteiger partial charge in [-0.15, -0.1) is 0 Å². The van der Waals surface area contributed by atoms with Gasteiger partial charge in [0, 0.05) is 24.0 Å². The monoisotopic (exact) mass is 702 g/mol. The molecule has 0 radical (unpaired) electrons. The SMILES string of the molecule is CC(C)[C@H](CC(=O)[C@H](Cc1ccc(O)cc1)NC(=O)[C@H](CC(=O)O)CC(=O)OCc1ccccc1)C(=O)N[C@H](/C=C/S(C)(=O)=O)CC(=O)O. The Hall–Kier alpha value is -5.05. The number of carboxylic acids is 2. The summed E-state index contributed by atoms with van der Waals surface area (Å²) in [4.78, 5) is 76.1. The van der Waals surface area contributed by atoms with E-state index in [1.165, 1.54) is 24.3 Å². The van der Waals surface area contributed by atoms with Crippen LogP contribution in [0.4, 0.5) is 0 Å². The van der Waals surface area contributed by atoms with Crippen molar-refractivity contribution in [2.45, 2.75) is 64.6 Å². The molecule has 2 rings (SSSR count). The summed E-state index contributed by atoms with van der Waals surface area (Å²) < 4.78 is 28.4. The molecule has 2 aromatic rings. The summed E-state index contributed by atoms with van der Waals surface area (Å²) in [5, 5.41) is 34.2. The number of esters is 1. The van der Waals surface area contributed by atoms with Crippen LogP contribution in [0, 0.1) is 17.8 Å². The van der Waals surface area contributed by atoms with Crippen molar-refractivity contribution in [2.24, 2.45) is 17.8 Å². The lowest BCUT2D eigenvalue weighted by molar-refractivity contribution is -0.150. The number of carbonyl (C=O) groups excluding carboxylic acids is 4. The van der Waals surface area contributed by atoms with Gasteiger partial charge in [-0.2, -0.15) is 0 Å². The maximum Gasteiger partial charge on any atom is 0.306 e. The highest BCUT2D eigenvalue weighted by Gasteiger charge is 2.33. The van der Waals surface area contributed by atoms with Crippen LogP contribution in [0.15, 0.2) is 66.1 Å². The van der Waals surface area contributed by atoms with Crippen LogP contribution < -0.4 is 10.6 Å². The molecule has 49 heavy (non-hydrogen) atoms. The van der Waals surface area contributed by atoms with Gasteiger partial charge in [-0.05, 0) is 35.6 Å². The lowest BCUT2D eigenvalue weighted by Gasteiger charge is -2.26. The number of carboxylic acid groups (broad SMARTS) is 2. The van der Waals surface area contributed by atoms with Gasteiger partial charge in [0.25, 0.3) is 0 Å². The number of rotatable bonds is 20. The normalized spacial score (nSPS) is 14.0. The summed E-state index contributed by atoms with van der Waals surface area (Å²) in [7, 11) is -3.64. The second-order valence-electron chi connectivity index (χ2n) is 12.0. The topological polar surface area (TPSA) is 231 Å². The van der Waals surface area contributed by atoms with Gasteiger partial charge in [-0.25, -0.2) is 8.42 Å². The molecule has 0 saturated heterocycles. The molecule has 0 fully saturated rings. The van der Waals surface area contributed by atoms with Gasteiger partial charge < -0.3 is 30.7 Å². The van der Waals surface area contributed by atoms with E-state index in [9.17, 15) is 52.5 Å². The third-order valence-corrected chi connectivity index (χ3v) is 8.02. The van der Waals surface area contributed by atoms with Gasteiger partial charge in [0.2, 0.25) is 11.8 Å². The number of nitrogens with one attached hydrogen (secondary N) is 2. The number of phenolic OH excluding ortho intramolecular Hbond substituents is 1. The molecule has 2 amide bonds. The third kappa shape index (κ3) is 15.6. The van der Waals surface area contributed by atoms with E-state index in [0.29, 0.717) is 11.1 Å². The fraction of sp³-hybridized carbons (Fsp3) is 0.412. The van der Waals surface area contributed by atoms with Gasteiger partial charge in [0.1, 0.15) is 12.4 Å². The minimum absolute atomic E-state index is 0.0522. The van der Waals surface area contributed by atoms with Gasteiger partial charge >= 0.3 is 17.9 Å². The van der Waals surface area contributed by atoms with Gasteiger partial charge in [-0.1, -0.05) is 62.4 Å². The molecule has 0 heterocycles. The Morgan fingerprint density at radius 3 is 1.96 bits per heavy atom. The molecule has 14 nitrogen and oxygen atoms in total. The molecule has 266 valence electrons. The van der Waals surface area contributed by atoms with Gasteiger partial charge in [-0.3, -0.25) is 28.8 Å². The van der Waals surface area contributed by atoms with E-state index in [1.54, 1.807) is 44.2 Å². The van der Waals surface area contributed by atoms with Crippen LogP contribution in [-0.2, 0) is 56.4 Å². The summed E-state index contributed by atoms with van der Waals surface area (Å²) in [6.45, 7) is 3.19. The Bertz CT molecular complexity index is 1610. The third-order valence-electron chi connectivity index (χ3n) is 7.37. The molecule has 0 unspecified atom stereocenters. The van der Waals surface area contributed by atoms with Crippen molar-refractivity contribution >= 4 is 45.3 Å². The zero-order valence-electron chi connectivity index (χ0n) is 27.4. The maximum absolute atomic E-state index is 13.8. The first kappa shape index (κ1) is 40.1. The van der Waals surface area contributed by atoms with Crippen LogP contribution in [0.2, 0.25) is 0 Å². The first-order valence-electron chi connectivity index (χ1n) is 15.4. The molecule has 0 bridgehead atoms. The standard InChI is InChI=1S/C34H42N2O12S/c1-21(2)27(34(45)35-25(18-31(41)42)13-14-49(3,46)47)19-29(38)28(15-22-9-11-26(37)12-10-22)36-33(44)24(16-30(39)40)17-32(43)48-20-23-7-5-4-6-8-23/h4-14,21,24-25,27-28,37H,15-20H2,1-3H3,(H,35,45)(H,36,44)(H,39,40)(H,41,42)/b14-13+/t24-,25-,27+,28+/m1/s1. The average molecular weight is 703 g/mol. The number of carbonyl (C=O) groups is 6. The number of sulfone groups is 1. The number of aromatic hydroxyl groups is 1. The highest BCUT2D eigenvalue weighted by Crippen LogP contribution is 2.21. The quantitative estimate of drug-likeness (QED) is 0.125. The number of amides is 2. The Morgan fingerprint density at radius 2 is 1.41 bits per heavy atom. The Labute approximate surface area is 284 Å². The first-order valence-corrected chi connectivity index (χ1v) is 17.3. The van der Waals surface area contributed by atoms with E-state index in [2.05, 4.69) is 10.6 Å². The fourth-order valence-electron chi connectivity index (χ4n) is 4.74. The molecule has 0 spiro atoms. The zero-order chi connectivity index (χ0) is 36.7. The highest BCUT2D eigenvalue weighted by atomic mass is 32.2. The van der Waals surface area contributed by atoms with E-state index >= 15 is 0 Å². The van der Waals surface area contributed by atoms with Crippen LogP contribution in [0.3, 0.4) is 0 Å². The van der Waals surface area contributed by atoms with Crippen molar-refractivity contribution in [3.05, 3.63) is 77.2 Å². The molecule has 5 N–H and O–H groups in total. The van der Waals surface area contributed by atoms with Crippen LogP contribution in [-0.4, -0.2) is 77.6 Å². The number of aliphatic carboxylic acids is 2. The van der Waals surface area contributed by atoms with E-state index in [0.717, 1.165) is 17.7 Å². The largest absolute Gasteiger partial charge is 0.508 e. The van der Waals surface area contributed by atoms with Crippen LogP contribution in [0.25, 0.3) is 0 Å². The lowest BCUT2D eigenvalue weighted by Crippen LogP contribution is -2.48. The number of benzene rings is 2. The molecule has 4 atom stereocenters. The molecule has 2 aromatic carbocycles. The molecular formula is C34H42N2O12S. The summed E-state index contributed by atoms with van der Waals surface area (Å²) in [6, 6.07) is 11.9. The fourth-order valence-corrected chi connectivity index (χ4v) is 5.22. The molecular weight excluding hydrogens is 660 g/mol. The molecule has 0 aliphatic carbocycles. The lowest BCUT2D eigenvalue weighted by atomic mass is 9.86.